The molecule has 2 aromatic rings. The van der Waals surface area contributed by atoms with E-state index in [0.717, 1.165) is 60.4 Å². The molecule has 2 heterocycles. The summed E-state index contributed by atoms with van der Waals surface area (Å²) in [6, 6.07) is 12.0. The predicted octanol–water partition coefficient (Wildman–Crippen LogP) is 2.14. The Labute approximate surface area is 135 Å². The molecule has 4 heteroatoms. The largest absolute Gasteiger partial charge is 0.398 e. The van der Waals surface area contributed by atoms with Crippen molar-refractivity contribution in [3.05, 3.63) is 47.5 Å². The van der Waals surface area contributed by atoms with E-state index < -0.39 is 0 Å². The molecule has 23 heavy (non-hydrogen) atoms. The fraction of sp³-hybridized carbons (Fsp3) is 0.316. The van der Waals surface area contributed by atoms with E-state index in [1.807, 2.05) is 12.1 Å². The number of fused-ring (bicyclic) bond motifs is 4. The van der Waals surface area contributed by atoms with Gasteiger partial charge in [0, 0.05) is 43.1 Å². The molecule has 116 valence electrons. The van der Waals surface area contributed by atoms with Crippen molar-refractivity contribution in [2.45, 2.75) is 0 Å². The van der Waals surface area contributed by atoms with Crippen molar-refractivity contribution in [1.82, 2.24) is 5.32 Å². The van der Waals surface area contributed by atoms with Gasteiger partial charge in [0.25, 0.3) is 0 Å². The Balaban J connectivity index is 1.54. The van der Waals surface area contributed by atoms with E-state index in [2.05, 4.69) is 28.4 Å². The number of ketones is 1. The molecule has 2 aromatic carbocycles. The van der Waals surface area contributed by atoms with E-state index in [4.69, 9.17) is 5.73 Å². The van der Waals surface area contributed by atoms with Gasteiger partial charge in [-0.2, -0.15) is 0 Å². The van der Waals surface area contributed by atoms with Crippen LogP contribution in [0.4, 0.5) is 11.4 Å². The lowest BCUT2D eigenvalue weighted by molar-refractivity contribution is 0.104. The summed E-state index contributed by atoms with van der Waals surface area (Å²) < 4.78 is 0. The summed E-state index contributed by atoms with van der Waals surface area (Å²) in [7, 11) is 0. The summed E-state index contributed by atoms with van der Waals surface area (Å²) in [6.45, 7) is 4.40. The maximum Gasteiger partial charge on any atom is 0.196 e. The number of nitrogens with zero attached hydrogens (tertiary/aromatic N) is 1. The van der Waals surface area contributed by atoms with Crippen LogP contribution in [0.15, 0.2) is 36.4 Å². The van der Waals surface area contributed by atoms with Gasteiger partial charge in [-0.1, -0.05) is 18.2 Å². The van der Waals surface area contributed by atoms with Crippen molar-refractivity contribution < 1.29 is 4.79 Å². The highest BCUT2D eigenvalue weighted by atomic mass is 16.1. The lowest BCUT2D eigenvalue weighted by Crippen LogP contribution is -2.25. The van der Waals surface area contributed by atoms with E-state index in [1.165, 1.54) is 0 Å². The number of nitrogens with two attached hydrogens (primary N) is 1. The first-order valence-electron chi connectivity index (χ1n) is 8.25. The molecular weight excluding hydrogens is 286 g/mol. The van der Waals surface area contributed by atoms with Gasteiger partial charge in [-0.05, 0) is 41.2 Å². The van der Waals surface area contributed by atoms with Crippen LogP contribution in [-0.4, -0.2) is 32.0 Å². The summed E-state index contributed by atoms with van der Waals surface area (Å²) in [6.07, 6.45) is 0. The molecule has 1 aliphatic carbocycles. The molecule has 2 aliphatic heterocycles. The second-order valence-electron chi connectivity index (χ2n) is 6.91. The number of nitrogen functional groups attached to an aromatic ring is 1. The van der Waals surface area contributed by atoms with E-state index in [-0.39, 0.29) is 5.78 Å². The number of nitrogens with one attached hydrogen (secondary N) is 1. The van der Waals surface area contributed by atoms with Crippen LogP contribution in [0.25, 0.3) is 11.1 Å². The lowest BCUT2D eigenvalue weighted by Gasteiger charge is -2.20. The highest BCUT2D eigenvalue weighted by Crippen LogP contribution is 2.41. The molecular formula is C19H19N3O. The first-order chi connectivity index (χ1) is 11.2. The highest BCUT2D eigenvalue weighted by Gasteiger charge is 2.37. The summed E-state index contributed by atoms with van der Waals surface area (Å²) in [4.78, 5) is 15.2. The molecule has 2 fully saturated rings. The van der Waals surface area contributed by atoms with E-state index >= 15 is 0 Å². The number of hydrogen-bond acceptors (Lipinski definition) is 4. The Hall–Kier alpha value is -2.33. The summed E-state index contributed by atoms with van der Waals surface area (Å²) in [5.41, 5.74) is 11.2. The van der Waals surface area contributed by atoms with Gasteiger partial charge in [-0.25, -0.2) is 0 Å². The summed E-state index contributed by atoms with van der Waals surface area (Å²) in [5, 5.41) is 3.47. The SMILES string of the molecule is Nc1cccc2c1C(=O)c1cc(N3CC4CNCC4C3)ccc1-2. The minimum atomic E-state index is 0.0657. The van der Waals surface area contributed by atoms with Crippen LogP contribution in [0.2, 0.25) is 0 Å². The smallest absolute Gasteiger partial charge is 0.196 e. The second-order valence-corrected chi connectivity index (χ2v) is 6.91. The number of rotatable bonds is 1. The minimum absolute atomic E-state index is 0.0657. The average Bonchev–Trinajstić information content (AvgIpc) is 3.21. The van der Waals surface area contributed by atoms with E-state index in [9.17, 15) is 4.79 Å². The van der Waals surface area contributed by atoms with Gasteiger partial charge in [-0.3, -0.25) is 4.79 Å². The van der Waals surface area contributed by atoms with Gasteiger partial charge < -0.3 is 16.0 Å². The topological polar surface area (TPSA) is 58.4 Å². The molecule has 3 N–H and O–H groups in total. The zero-order chi connectivity index (χ0) is 15.6. The average molecular weight is 305 g/mol. The molecule has 3 aliphatic rings. The second kappa shape index (κ2) is 4.59. The van der Waals surface area contributed by atoms with Gasteiger partial charge in [0.05, 0.1) is 5.56 Å². The van der Waals surface area contributed by atoms with Crippen molar-refractivity contribution in [2.75, 3.05) is 36.8 Å². The maximum atomic E-state index is 12.8. The van der Waals surface area contributed by atoms with Crippen molar-refractivity contribution in [3.8, 4) is 11.1 Å². The highest BCUT2D eigenvalue weighted by molar-refractivity contribution is 6.24. The van der Waals surface area contributed by atoms with Crippen LogP contribution in [-0.2, 0) is 0 Å². The van der Waals surface area contributed by atoms with E-state index in [1.54, 1.807) is 6.07 Å². The monoisotopic (exact) mass is 305 g/mol. The number of hydrogen-bond donors (Lipinski definition) is 2. The molecule has 2 unspecified atom stereocenters. The van der Waals surface area contributed by atoms with Gasteiger partial charge >= 0.3 is 0 Å². The van der Waals surface area contributed by atoms with Crippen LogP contribution in [0, 0.1) is 11.8 Å². The molecule has 0 bridgehead atoms. The third-order valence-electron chi connectivity index (χ3n) is 5.62. The Kier molecular flexibility index (Phi) is 2.62. The molecule has 2 atom stereocenters. The third-order valence-corrected chi connectivity index (χ3v) is 5.62. The van der Waals surface area contributed by atoms with Gasteiger partial charge in [0.15, 0.2) is 5.78 Å². The van der Waals surface area contributed by atoms with Gasteiger partial charge in [0.2, 0.25) is 0 Å². The van der Waals surface area contributed by atoms with Crippen LogP contribution >= 0.6 is 0 Å². The van der Waals surface area contributed by atoms with Crippen molar-refractivity contribution >= 4 is 17.2 Å². The van der Waals surface area contributed by atoms with Crippen LogP contribution in [0.5, 0.6) is 0 Å². The standard InChI is InChI=1S/C19H19N3O/c20-17-3-1-2-15-14-5-4-13(6-16(14)19(23)18(15)17)22-9-11-7-21-8-12(11)10-22/h1-6,11-12,21H,7-10,20H2. The summed E-state index contributed by atoms with van der Waals surface area (Å²) in [5.74, 6) is 1.55. The molecule has 2 saturated heterocycles. The molecule has 0 spiro atoms. The molecule has 5 rings (SSSR count). The van der Waals surface area contributed by atoms with Crippen LogP contribution in [0.3, 0.4) is 0 Å². The zero-order valence-electron chi connectivity index (χ0n) is 12.9. The minimum Gasteiger partial charge on any atom is -0.398 e. The Morgan fingerprint density at radius 3 is 2.57 bits per heavy atom. The molecule has 0 aromatic heterocycles. The van der Waals surface area contributed by atoms with Crippen molar-refractivity contribution in [2.24, 2.45) is 11.8 Å². The summed E-state index contributed by atoms with van der Waals surface area (Å²) >= 11 is 0. The van der Waals surface area contributed by atoms with E-state index in [0.29, 0.717) is 11.3 Å². The molecule has 0 radical (unpaired) electrons. The van der Waals surface area contributed by atoms with Crippen LogP contribution < -0.4 is 16.0 Å². The van der Waals surface area contributed by atoms with Crippen molar-refractivity contribution in [3.63, 3.8) is 0 Å². The molecule has 0 amide bonds. The predicted molar refractivity (Wildman–Crippen MR) is 91.8 cm³/mol. The first kappa shape index (κ1) is 13.1. The normalized spacial score (nSPS) is 24.7. The Morgan fingerprint density at radius 1 is 1.00 bits per heavy atom. The quantitative estimate of drug-likeness (QED) is 0.676. The van der Waals surface area contributed by atoms with Crippen molar-refractivity contribution in [1.29, 1.82) is 0 Å². The molecule has 0 saturated carbocycles. The van der Waals surface area contributed by atoms with Gasteiger partial charge in [-0.15, -0.1) is 0 Å². The lowest BCUT2D eigenvalue weighted by atomic mass is 10.0. The maximum absolute atomic E-state index is 12.8. The van der Waals surface area contributed by atoms with Crippen LogP contribution in [0.1, 0.15) is 15.9 Å². The third kappa shape index (κ3) is 1.78. The Morgan fingerprint density at radius 2 is 1.78 bits per heavy atom. The number of carbonyl (C=O) groups excluding carboxylic acids is 1. The molecule has 4 nitrogen and oxygen atoms in total. The number of carbonyl (C=O) groups is 1. The Bertz CT molecular complexity index is 817. The number of anilines is 2. The fourth-order valence-corrected chi connectivity index (χ4v) is 4.40. The first-order valence-corrected chi connectivity index (χ1v) is 8.25. The zero-order valence-corrected chi connectivity index (χ0v) is 12.9. The number of benzene rings is 2. The van der Waals surface area contributed by atoms with Gasteiger partial charge in [0.1, 0.15) is 0 Å². The fourth-order valence-electron chi connectivity index (χ4n) is 4.40.